The fraction of sp³-hybridized carbons (Fsp3) is 0.588. The number of carboxylic acid groups (broad SMARTS) is 1. The molecule has 4 nitrogen and oxygen atoms in total. The summed E-state index contributed by atoms with van der Waals surface area (Å²) in [6.07, 6.45) is 5.52. The highest BCUT2D eigenvalue weighted by atomic mass is 16.5. The molecule has 0 saturated heterocycles. The van der Waals surface area contributed by atoms with Crippen LogP contribution in [0.4, 0.5) is 5.69 Å². The highest BCUT2D eigenvalue weighted by Gasteiger charge is 2.15. The molecule has 118 valence electrons. The largest absolute Gasteiger partial charge is 0.545 e. The quantitative estimate of drug-likeness (QED) is 0.654. The Morgan fingerprint density at radius 1 is 1.19 bits per heavy atom. The molecule has 0 amide bonds. The number of quaternary nitrogens is 1. The minimum atomic E-state index is -1.12. The first-order valence-corrected chi connectivity index (χ1v) is 7.79. The first kappa shape index (κ1) is 17.7. The molecule has 0 saturated carbocycles. The van der Waals surface area contributed by atoms with E-state index in [1.54, 1.807) is 12.1 Å². The third-order valence-corrected chi connectivity index (χ3v) is 3.53. The summed E-state index contributed by atoms with van der Waals surface area (Å²) in [6, 6.07) is 5.34. The van der Waals surface area contributed by atoms with E-state index in [-0.39, 0.29) is 5.56 Å². The number of aromatic carboxylic acids is 1. The predicted octanol–water partition coefficient (Wildman–Crippen LogP) is 0.966. The maximum Gasteiger partial charge on any atom is 0.143 e. The van der Waals surface area contributed by atoms with Crippen LogP contribution in [-0.2, 0) is 11.2 Å². The minimum Gasteiger partial charge on any atom is -0.545 e. The molecule has 0 heterocycles. The second-order valence-electron chi connectivity index (χ2n) is 5.55. The molecular formula is C17H27NO3. The van der Waals surface area contributed by atoms with Gasteiger partial charge in [0.15, 0.2) is 0 Å². The third-order valence-electron chi connectivity index (χ3n) is 3.53. The molecule has 0 unspecified atom stereocenters. The van der Waals surface area contributed by atoms with Gasteiger partial charge in [-0.15, -0.1) is 0 Å². The van der Waals surface area contributed by atoms with E-state index < -0.39 is 5.97 Å². The van der Waals surface area contributed by atoms with E-state index >= 15 is 0 Å². The van der Waals surface area contributed by atoms with Crippen LogP contribution in [0, 0.1) is 0 Å². The number of nitrogens with one attached hydrogen (secondary N) is 1. The fourth-order valence-electron chi connectivity index (χ4n) is 2.48. The van der Waals surface area contributed by atoms with Crippen LogP contribution in [-0.4, -0.2) is 33.3 Å². The number of benzene rings is 1. The zero-order valence-electron chi connectivity index (χ0n) is 13.4. The fourth-order valence-corrected chi connectivity index (χ4v) is 2.48. The van der Waals surface area contributed by atoms with Crippen molar-refractivity contribution in [2.45, 2.75) is 39.0 Å². The zero-order valence-corrected chi connectivity index (χ0v) is 13.4. The van der Waals surface area contributed by atoms with Crippen molar-refractivity contribution in [3.8, 4) is 0 Å². The van der Waals surface area contributed by atoms with Crippen molar-refractivity contribution < 1.29 is 19.5 Å². The van der Waals surface area contributed by atoms with Gasteiger partial charge < -0.3 is 19.5 Å². The molecule has 0 aliphatic rings. The predicted molar refractivity (Wildman–Crippen MR) is 81.9 cm³/mol. The summed E-state index contributed by atoms with van der Waals surface area (Å²) in [6.45, 7) is 3.60. The van der Waals surface area contributed by atoms with E-state index in [0.717, 1.165) is 35.6 Å². The van der Waals surface area contributed by atoms with Crippen LogP contribution in [0.3, 0.4) is 0 Å². The van der Waals surface area contributed by atoms with Gasteiger partial charge in [-0.3, -0.25) is 0 Å². The Morgan fingerprint density at radius 2 is 1.95 bits per heavy atom. The zero-order chi connectivity index (χ0) is 15.7. The molecule has 0 bridgehead atoms. The van der Waals surface area contributed by atoms with E-state index in [2.05, 4.69) is 6.92 Å². The van der Waals surface area contributed by atoms with Crippen molar-refractivity contribution in [2.75, 3.05) is 27.3 Å². The van der Waals surface area contributed by atoms with Crippen LogP contribution < -0.4 is 10.0 Å². The van der Waals surface area contributed by atoms with E-state index in [4.69, 9.17) is 4.74 Å². The normalized spacial score (nSPS) is 11.0. The monoisotopic (exact) mass is 293 g/mol. The summed E-state index contributed by atoms with van der Waals surface area (Å²) in [4.78, 5) is 12.2. The highest BCUT2D eigenvalue weighted by Crippen LogP contribution is 2.17. The van der Waals surface area contributed by atoms with Crippen LogP contribution in [0.2, 0.25) is 0 Å². The second-order valence-corrected chi connectivity index (χ2v) is 5.55. The number of para-hydroxylation sites is 1. The summed E-state index contributed by atoms with van der Waals surface area (Å²) in [7, 11) is 3.85. The first-order valence-electron chi connectivity index (χ1n) is 7.79. The summed E-state index contributed by atoms with van der Waals surface area (Å²) >= 11 is 0. The van der Waals surface area contributed by atoms with Crippen LogP contribution >= 0.6 is 0 Å². The maximum absolute atomic E-state index is 11.2. The SMILES string of the molecule is CCCCCCOCCc1cccc(C(=O)[O-])c1[NH+](C)C. The lowest BCUT2D eigenvalue weighted by Crippen LogP contribution is -3.01. The summed E-state index contributed by atoms with van der Waals surface area (Å²) < 4.78 is 5.65. The van der Waals surface area contributed by atoms with Crippen molar-refractivity contribution in [1.82, 2.24) is 0 Å². The Hall–Kier alpha value is -1.39. The molecule has 0 fully saturated rings. The van der Waals surface area contributed by atoms with Gasteiger partial charge in [-0.05, 0) is 12.5 Å². The summed E-state index contributed by atoms with van der Waals surface area (Å²) in [5, 5.41) is 11.2. The van der Waals surface area contributed by atoms with E-state index in [0.29, 0.717) is 6.61 Å². The molecule has 0 radical (unpaired) electrons. The summed E-state index contributed by atoms with van der Waals surface area (Å²) in [5.74, 6) is -1.12. The lowest BCUT2D eigenvalue weighted by atomic mass is 10.0. The highest BCUT2D eigenvalue weighted by molar-refractivity contribution is 5.91. The molecule has 0 aromatic heterocycles. The molecule has 4 heteroatoms. The Kier molecular flexibility index (Phi) is 8.01. The average Bonchev–Trinajstić information content (AvgIpc) is 2.45. The smallest absolute Gasteiger partial charge is 0.143 e. The number of ether oxygens (including phenoxy) is 1. The van der Waals surface area contributed by atoms with Gasteiger partial charge in [-0.1, -0.05) is 38.3 Å². The molecule has 21 heavy (non-hydrogen) atoms. The Bertz CT molecular complexity index is 444. The van der Waals surface area contributed by atoms with Crippen LogP contribution in [0.25, 0.3) is 0 Å². The van der Waals surface area contributed by atoms with Gasteiger partial charge in [0.2, 0.25) is 0 Å². The average molecular weight is 293 g/mol. The molecule has 1 N–H and O–H groups in total. The van der Waals surface area contributed by atoms with Crippen molar-refractivity contribution >= 4 is 11.7 Å². The third kappa shape index (κ3) is 5.86. The number of carbonyl (C=O) groups excluding carboxylic acids is 1. The van der Waals surface area contributed by atoms with Crippen LogP contribution in [0.15, 0.2) is 18.2 Å². The van der Waals surface area contributed by atoms with E-state index in [9.17, 15) is 9.90 Å². The van der Waals surface area contributed by atoms with Crippen molar-refractivity contribution in [2.24, 2.45) is 0 Å². The maximum atomic E-state index is 11.2. The topological polar surface area (TPSA) is 53.8 Å². The van der Waals surface area contributed by atoms with Crippen LogP contribution in [0.5, 0.6) is 0 Å². The lowest BCUT2D eigenvalue weighted by Gasteiger charge is -2.17. The van der Waals surface area contributed by atoms with Crippen molar-refractivity contribution in [3.05, 3.63) is 29.3 Å². The van der Waals surface area contributed by atoms with Gasteiger partial charge in [-0.2, -0.15) is 0 Å². The van der Waals surface area contributed by atoms with Crippen molar-refractivity contribution in [3.63, 3.8) is 0 Å². The number of carbonyl (C=O) groups is 1. The molecule has 0 atom stereocenters. The Morgan fingerprint density at radius 3 is 2.57 bits per heavy atom. The number of unbranched alkanes of at least 4 members (excludes halogenated alkanes) is 3. The van der Waals surface area contributed by atoms with E-state index in [1.165, 1.54) is 19.3 Å². The number of hydrogen-bond donors (Lipinski definition) is 1. The molecule has 0 aliphatic carbocycles. The summed E-state index contributed by atoms with van der Waals surface area (Å²) in [5.41, 5.74) is 2.09. The van der Waals surface area contributed by atoms with Gasteiger partial charge in [0.1, 0.15) is 5.69 Å². The van der Waals surface area contributed by atoms with Gasteiger partial charge in [0.05, 0.1) is 32.2 Å². The molecule has 1 aromatic rings. The molecule has 1 aromatic carbocycles. The second kappa shape index (κ2) is 9.53. The van der Waals surface area contributed by atoms with Crippen molar-refractivity contribution in [1.29, 1.82) is 0 Å². The standard InChI is InChI=1S/C17H27NO3/c1-4-5-6-7-12-21-13-11-14-9-8-10-15(17(19)20)16(14)18(2)3/h8-10H,4-7,11-13H2,1-3H3,(H,19,20). The van der Waals surface area contributed by atoms with Crippen LogP contribution in [0.1, 0.15) is 48.5 Å². The molecule has 1 rings (SSSR count). The Labute approximate surface area is 127 Å². The molecular weight excluding hydrogens is 266 g/mol. The van der Waals surface area contributed by atoms with E-state index in [1.807, 2.05) is 20.2 Å². The van der Waals surface area contributed by atoms with Gasteiger partial charge in [-0.25, -0.2) is 0 Å². The van der Waals surface area contributed by atoms with Gasteiger partial charge >= 0.3 is 0 Å². The number of carboxylic acids is 1. The molecule has 0 spiro atoms. The first-order chi connectivity index (χ1) is 10.1. The molecule has 0 aliphatic heterocycles. The number of rotatable bonds is 10. The lowest BCUT2D eigenvalue weighted by molar-refractivity contribution is -0.787. The number of hydrogen-bond acceptors (Lipinski definition) is 3. The van der Waals surface area contributed by atoms with Gasteiger partial charge in [0, 0.05) is 18.6 Å². The Balaban J connectivity index is 2.55. The van der Waals surface area contributed by atoms with Gasteiger partial charge in [0.25, 0.3) is 0 Å². The minimum absolute atomic E-state index is 0.274.